The van der Waals surface area contributed by atoms with Crippen molar-refractivity contribution in [1.29, 1.82) is 0 Å². The monoisotopic (exact) mass is 409 g/mol. The number of pyridine rings is 1. The highest BCUT2D eigenvalue weighted by atomic mass is 16.5. The summed E-state index contributed by atoms with van der Waals surface area (Å²) in [6, 6.07) is 12.2. The van der Waals surface area contributed by atoms with Gasteiger partial charge in [-0.05, 0) is 61.9 Å². The van der Waals surface area contributed by atoms with Crippen molar-refractivity contribution in [3.63, 3.8) is 0 Å². The Morgan fingerprint density at radius 3 is 2.63 bits per heavy atom. The van der Waals surface area contributed by atoms with Crippen LogP contribution in [-0.4, -0.2) is 54.5 Å². The third kappa shape index (κ3) is 5.05. The van der Waals surface area contributed by atoms with Crippen LogP contribution in [0.3, 0.4) is 0 Å². The minimum absolute atomic E-state index is 0.0111. The van der Waals surface area contributed by atoms with E-state index in [9.17, 15) is 9.59 Å². The zero-order valence-corrected chi connectivity index (χ0v) is 18.1. The summed E-state index contributed by atoms with van der Waals surface area (Å²) >= 11 is 0. The van der Waals surface area contributed by atoms with E-state index in [-0.39, 0.29) is 24.5 Å². The number of hydrogen-bond acceptors (Lipinski definition) is 4. The van der Waals surface area contributed by atoms with Crippen LogP contribution in [0, 0.1) is 5.41 Å². The minimum atomic E-state index is -0.672. The lowest BCUT2D eigenvalue weighted by Gasteiger charge is -2.42. The summed E-state index contributed by atoms with van der Waals surface area (Å²) in [6.45, 7) is 5.03. The molecule has 2 aromatic rings. The van der Waals surface area contributed by atoms with E-state index in [0.29, 0.717) is 19.5 Å². The molecule has 1 aliphatic rings. The highest BCUT2D eigenvalue weighted by molar-refractivity contribution is 5.86. The molecule has 30 heavy (non-hydrogen) atoms. The Labute approximate surface area is 178 Å². The van der Waals surface area contributed by atoms with E-state index in [2.05, 4.69) is 22.4 Å². The summed E-state index contributed by atoms with van der Waals surface area (Å²) < 4.78 is 5.05. The highest BCUT2D eigenvalue weighted by Gasteiger charge is 2.44. The molecule has 1 atom stereocenters. The minimum Gasteiger partial charge on any atom is -0.375 e. The van der Waals surface area contributed by atoms with E-state index in [1.54, 1.807) is 17.3 Å². The Morgan fingerprint density at radius 2 is 1.93 bits per heavy atom. The summed E-state index contributed by atoms with van der Waals surface area (Å²) in [5.74, 6) is -0.0571. The first-order chi connectivity index (χ1) is 14.4. The molecule has 0 radical (unpaired) electrons. The molecule has 0 saturated carbocycles. The van der Waals surface area contributed by atoms with Gasteiger partial charge in [0, 0.05) is 38.6 Å². The predicted molar refractivity (Wildman–Crippen MR) is 117 cm³/mol. The number of carbonyl (C=O) groups is 2. The predicted octanol–water partition coefficient (Wildman–Crippen LogP) is 3.07. The van der Waals surface area contributed by atoms with E-state index in [0.717, 1.165) is 29.5 Å². The Morgan fingerprint density at radius 1 is 1.20 bits per heavy atom. The molecule has 3 rings (SSSR count). The molecule has 0 spiro atoms. The van der Waals surface area contributed by atoms with Gasteiger partial charge in [0.05, 0.1) is 5.41 Å². The fraction of sp³-hybridized carbons (Fsp3) is 0.458. The SMILES string of the molecule is COCC(=O)N1CCCC(Cc2ccccc2-c2ccncc2)(C(=O)NC(C)C)C1. The number of aromatic nitrogens is 1. The molecule has 1 saturated heterocycles. The van der Waals surface area contributed by atoms with Crippen molar-refractivity contribution in [2.45, 2.75) is 39.2 Å². The number of methoxy groups -OCH3 is 1. The lowest BCUT2D eigenvalue weighted by Crippen LogP contribution is -2.56. The van der Waals surface area contributed by atoms with Crippen LogP contribution in [0.15, 0.2) is 48.8 Å². The molecule has 6 heteroatoms. The molecule has 6 nitrogen and oxygen atoms in total. The van der Waals surface area contributed by atoms with Crippen LogP contribution in [0.5, 0.6) is 0 Å². The van der Waals surface area contributed by atoms with Crippen LogP contribution >= 0.6 is 0 Å². The third-order valence-corrected chi connectivity index (χ3v) is 5.64. The number of benzene rings is 1. The van der Waals surface area contributed by atoms with Gasteiger partial charge in [0.2, 0.25) is 11.8 Å². The number of amides is 2. The van der Waals surface area contributed by atoms with Crippen molar-refractivity contribution in [3.05, 3.63) is 54.4 Å². The first kappa shape index (κ1) is 22.0. The van der Waals surface area contributed by atoms with Crippen molar-refractivity contribution in [2.75, 3.05) is 26.8 Å². The van der Waals surface area contributed by atoms with Crippen LogP contribution in [-0.2, 0) is 20.7 Å². The average Bonchev–Trinajstić information content (AvgIpc) is 2.74. The molecule has 1 aliphatic heterocycles. The van der Waals surface area contributed by atoms with Gasteiger partial charge in [-0.25, -0.2) is 0 Å². The van der Waals surface area contributed by atoms with E-state index < -0.39 is 5.41 Å². The van der Waals surface area contributed by atoms with Crippen molar-refractivity contribution < 1.29 is 14.3 Å². The van der Waals surface area contributed by atoms with Gasteiger partial charge in [-0.2, -0.15) is 0 Å². The molecule has 2 amide bonds. The molecule has 160 valence electrons. The fourth-order valence-electron chi connectivity index (χ4n) is 4.24. The Bertz CT molecular complexity index is 869. The molecular weight excluding hydrogens is 378 g/mol. The standard InChI is InChI=1S/C24H31N3O3/c1-18(2)26-23(29)24(11-6-14-27(17-24)22(28)16-30-3)15-20-7-4-5-8-21(20)19-9-12-25-13-10-19/h4-5,7-10,12-13,18H,6,11,14-17H2,1-3H3,(H,26,29). The van der Waals surface area contributed by atoms with Crippen molar-refractivity contribution in [3.8, 4) is 11.1 Å². The topological polar surface area (TPSA) is 71.5 Å². The second-order valence-corrected chi connectivity index (χ2v) is 8.33. The van der Waals surface area contributed by atoms with E-state index in [1.807, 2.05) is 38.1 Å². The molecule has 0 aliphatic carbocycles. The van der Waals surface area contributed by atoms with Gasteiger partial charge in [-0.15, -0.1) is 0 Å². The van der Waals surface area contributed by atoms with Gasteiger partial charge in [-0.3, -0.25) is 14.6 Å². The summed E-state index contributed by atoms with van der Waals surface area (Å²) in [6.07, 6.45) is 5.66. The van der Waals surface area contributed by atoms with Gasteiger partial charge in [0.25, 0.3) is 0 Å². The molecule has 1 aromatic heterocycles. The normalized spacial score (nSPS) is 19.0. The fourth-order valence-corrected chi connectivity index (χ4v) is 4.24. The van der Waals surface area contributed by atoms with Crippen LogP contribution in [0.1, 0.15) is 32.3 Å². The van der Waals surface area contributed by atoms with Gasteiger partial charge in [0.15, 0.2) is 0 Å². The molecule has 1 N–H and O–H groups in total. The lowest BCUT2D eigenvalue weighted by atomic mass is 9.73. The molecular formula is C24H31N3O3. The summed E-state index contributed by atoms with van der Waals surface area (Å²) in [7, 11) is 1.52. The number of carbonyl (C=O) groups excluding carboxylic acids is 2. The van der Waals surface area contributed by atoms with Crippen LogP contribution in [0.25, 0.3) is 11.1 Å². The number of hydrogen-bond donors (Lipinski definition) is 1. The lowest BCUT2D eigenvalue weighted by molar-refractivity contribution is -0.144. The number of nitrogens with zero attached hydrogens (tertiary/aromatic N) is 2. The number of rotatable bonds is 7. The van der Waals surface area contributed by atoms with Crippen molar-refractivity contribution in [1.82, 2.24) is 15.2 Å². The van der Waals surface area contributed by atoms with Gasteiger partial charge < -0.3 is 15.0 Å². The molecule has 1 aromatic carbocycles. The number of ether oxygens (including phenoxy) is 1. The smallest absolute Gasteiger partial charge is 0.248 e. The zero-order chi connectivity index (χ0) is 21.6. The van der Waals surface area contributed by atoms with Crippen LogP contribution in [0.2, 0.25) is 0 Å². The van der Waals surface area contributed by atoms with Crippen molar-refractivity contribution >= 4 is 11.8 Å². The van der Waals surface area contributed by atoms with Gasteiger partial charge in [0.1, 0.15) is 6.61 Å². The van der Waals surface area contributed by atoms with Crippen LogP contribution < -0.4 is 5.32 Å². The summed E-state index contributed by atoms with van der Waals surface area (Å²) in [5, 5.41) is 3.11. The molecule has 2 heterocycles. The first-order valence-corrected chi connectivity index (χ1v) is 10.5. The van der Waals surface area contributed by atoms with Crippen LogP contribution in [0.4, 0.5) is 0 Å². The summed E-state index contributed by atoms with van der Waals surface area (Å²) in [5.41, 5.74) is 2.60. The molecule has 1 fully saturated rings. The van der Waals surface area contributed by atoms with Gasteiger partial charge in [-0.1, -0.05) is 24.3 Å². The van der Waals surface area contributed by atoms with Crippen molar-refractivity contribution in [2.24, 2.45) is 5.41 Å². The maximum atomic E-state index is 13.4. The Balaban J connectivity index is 1.97. The maximum Gasteiger partial charge on any atom is 0.248 e. The van der Waals surface area contributed by atoms with Gasteiger partial charge >= 0.3 is 0 Å². The second-order valence-electron chi connectivity index (χ2n) is 8.33. The summed E-state index contributed by atoms with van der Waals surface area (Å²) in [4.78, 5) is 31.8. The quantitative estimate of drug-likeness (QED) is 0.763. The number of nitrogens with one attached hydrogen (secondary N) is 1. The van der Waals surface area contributed by atoms with E-state index in [4.69, 9.17) is 4.74 Å². The maximum absolute atomic E-state index is 13.4. The second kappa shape index (κ2) is 9.85. The molecule has 0 bridgehead atoms. The number of likely N-dealkylation sites (tertiary alicyclic amines) is 1. The average molecular weight is 410 g/mol. The Hall–Kier alpha value is -2.73. The molecule has 1 unspecified atom stereocenters. The first-order valence-electron chi connectivity index (χ1n) is 10.5. The van der Waals surface area contributed by atoms with E-state index in [1.165, 1.54) is 7.11 Å². The van der Waals surface area contributed by atoms with E-state index >= 15 is 0 Å². The highest BCUT2D eigenvalue weighted by Crippen LogP contribution is 2.37. The number of piperidine rings is 1. The Kier molecular flexibility index (Phi) is 7.21. The third-order valence-electron chi connectivity index (χ3n) is 5.64. The zero-order valence-electron chi connectivity index (χ0n) is 18.1. The largest absolute Gasteiger partial charge is 0.375 e.